The van der Waals surface area contributed by atoms with Crippen molar-refractivity contribution >= 4 is 29.1 Å². The summed E-state index contributed by atoms with van der Waals surface area (Å²) in [6.07, 6.45) is 0.0518. The minimum Gasteiger partial charge on any atom is -0.481 e. The number of anilines is 2. The second-order valence-electron chi connectivity index (χ2n) is 4.46. The van der Waals surface area contributed by atoms with Crippen LogP contribution < -0.4 is 4.90 Å². The Bertz CT molecular complexity index is 654. The van der Waals surface area contributed by atoms with Crippen LogP contribution in [0.2, 0.25) is 0 Å². The molecule has 2 aromatic rings. The van der Waals surface area contributed by atoms with Gasteiger partial charge in [-0.05, 0) is 23.8 Å². The molecule has 1 heterocycles. The molecule has 0 radical (unpaired) electrons. The van der Waals surface area contributed by atoms with Crippen LogP contribution in [-0.2, 0) is 11.2 Å². The van der Waals surface area contributed by atoms with E-state index in [-0.39, 0.29) is 6.42 Å². The lowest BCUT2D eigenvalue weighted by Gasteiger charge is -2.31. The minimum absolute atomic E-state index is 0.0518. The number of nitrogens with zero attached hydrogens (tertiary/aromatic N) is 1. The van der Waals surface area contributed by atoms with Gasteiger partial charge in [0.25, 0.3) is 0 Å². The summed E-state index contributed by atoms with van der Waals surface area (Å²) in [5.74, 6) is -0.800. The largest absolute Gasteiger partial charge is 0.481 e. The standard InChI is InChI=1S/C15H13NO2S/c1-16-11-6-2-3-7-12(11)19-13-8-4-5-10(15(13)16)9-14(17)18/h2-8H,9H2,1H3,(H,17,18). The quantitative estimate of drug-likeness (QED) is 0.907. The average Bonchev–Trinajstić information content (AvgIpc) is 2.38. The highest BCUT2D eigenvalue weighted by Gasteiger charge is 2.23. The highest BCUT2D eigenvalue weighted by molar-refractivity contribution is 7.99. The summed E-state index contributed by atoms with van der Waals surface area (Å²) >= 11 is 1.69. The zero-order valence-electron chi connectivity index (χ0n) is 10.5. The van der Waals surface area contributed by atoms with E-state index in [2.05, 4.69) is 17.0 Å². The number of carbonyl (C=O) groups is 1. The summed E-state index contributed by atoms with van der Waals surface area (Å²) in [5, 5.41) is 9.02. The summed E-state index contributed by atoms with van der Waals surface area (Å²) in [7, 11) is 1.99. The molecule has 0 saturated carbocycles. The lowest BCUT2D eigenvalue weighted by atomic mass is 10.1. The van der Waals surface area contributed by atoms with E-state index >= 15 is 0 Å². The van der Waals surface area contributed by atoms with Crippen molar-refractivity contribution in [1.82, 2.24) is 0 Å². The number of carboxylic acid groups (broad SMARTS) is 1. The van der Waals surface area contributed by atoms with E-state index in [4.69, 9.17) is 5.11 Å². The highest BCUT2D eigenvalue weighted by atomic mass is 32.2. The van der Waals surface area contributed by atoms with Gasteiger partial charge in [0.05, 0.1) is 17.8 Å². The van der Waals surface area contributed by atoms with E-state index in [9.17, 15) is 4.79 Å². The predicted molar refractivity (Wildman–Crippen MR) is 76.4 cm³/mol. The Morgan fingerprint density at radius 3 is 2.68 bits per heavy atom. The van der Waals surface area contributed by atoms with Crippen LogP contribution in [0.3, 0.4) is 0 Å². The second kappa shape index (κ2) is 4.63. The Morgan fingerprint density at radius 2 is 1.89 bits per heavy atom. The molecule has 0 atom stereocenters. The van der Waals surface area contributed by atoms with E-state index in [1.807, 2.05) is 37.4 Å². The molecule has 1 aliphatic rings. The van der Waals surface area contributed by atoms with Crippen LogP contribution >= 0.6 is 11.8 Å². The SMILES string of the molecule is CN1c2ccccc2Sc2cccc(CC(=O)O)c21. The van der Waals surface area contributed by atoms with Crippen LogP contribution in [0.5, 0.6) is 0 Å². The summed E-state index contributed by atoms with van der Waals surface area (Å²) < 4.78 is 0. The molecule has 1 N–H and O–H groups in total. The first-order chi connectivity index (χ1) is 9.16. The van der Waals surface area contributed by atoms with Crippen LogP contribution in [0, 0.1) is 0 Å². The van der Waals surface area contributed by atoms with Crippen molar-refractivity contribution in [3.8, 4) is 0 Å². The molecular formula is C15H13NO2S. The van der Waals surface area contributed by atoms with Crippen molar-refractivity contribution in [3.05, 3.63) is 48.0 Å². The number of hydrogen-bond acceptors (Lipinski definition) is 3. The highest BCUT2D eigenvalue weighted by Crippen LogP contribution is 2.48. The Labute approximate surface area is 115 Å². The third-order valence-corrected chi connectivity index (χ3v) is 4.32. The summed E-state index contributed by atoms with van der Waals surface area (Å²) in [6.45, 7) is 0. The first kappa shape index (κ1) is 12.1. The van der Waals surface area contributed by atoms with Gasteiger partial charge in [0.15, 0.2) is 0 Å². The number of fused-ring (bicyclic) bond motifs is 2. The number of hydrogen-bond donors (Lipinski definition) is 1. The lowest BCUT2D eigenvalue weighted by molar-refractivity contribution is -0.136. The van der Waals surface area contributed by atoms with Gasteiger partial charge in [-0.25, -0.2) is 0 Å². The van der Waals surface area contributed by atoms with Crippen LogP contribution in [-0.4, -0.2) is 18.1 Å². The summed E-state index contributed by atoms with van der Waals surface area (Å²) in [6, 6.07) is 14.0. The summed E-state index contributed by atoms with van der Waals surface area (Å²) in [4.78, 5) is 15.4. The van der Waals surface area contributed by atoms with Gasteiger partial charge in [-0.1, -0.05) is 36.0 Å². The van der Waals surface area contributed by atoms with Gasteiger partial charge in [0, 0.05) is 16.8 Å². The van der Waals surface area contributed by atoms with Gasteiger partial charge in [-0.2, -0.15) is 0 Å². The van der Waals surface area contributed by atoms with E-state index in [1.54, 1.807) is 11.8 Å². The second-order valence-corrected chi connectivity index (χ2v) is 5.55. The zero-order valence-corrected chi connectivity index (χ0v) is 11.3. The third-order valence-electron chi connectivity index (χ3n) is 3.21. The van der Waals surface area contributed by atoms with Crippen molar-refractivity contribution in [1.29, 1.82) is 0 Å². The van der Waals surface area contributed by atoms with Gasteiger partial charge in [0.1, 0.15) is 0 Å². The number of para-hydroxylation sites is 2. The van der Waals surface area contributed by atoms with Crippen molar-refractivity contribution in [2.45, 2.75) is 16.2 Å². The van der Waals surface area contributed by atoms with Crippen LogP contribution in [0.4, 0.5) is 11.4 Å². The van der Waals surface area contributed by atoms with Crippen LogP contribution in [0.1, 0.15) is 5.56 Å². The molecule has 0 unspecified atom stereocenters. The number of aliphatic carboxylic acids is 1. The molecule has 4 heteroatoms. The van der Waals surface area contributed by atoms with E-state index in [0.29, 0.717) is 0 Å². The van der Waals surface area contributed by atoms with Crippen molar-refractivity contribution < 1.29 is 9.90 Å². The Balaban J connectivity index is 2.13. The molecular weight excluding hydrogens is 258 g/mol. The number of carboxylic acids is 1. The molecule has 0 saturated heterocycles. The lowest BCUT2D eigenvalue weighted by Crippen LogP contribution is -2.17. The smallest absolute Gasteiger partial charge is 0.307 e. The van der Waals surface area contributed by atoms with Crippen molar-refractivity contribution in [2.24, 2.45) is 0 Å². The van der Waals surface area contributed by atoms with Crippen LogP contribution in [0.25, 0.3) is 0 Å². The van der Waals surface area contributed by atoms with Crippen LogP contribution in [0.15, 0.2) is 52.3 Å². The molecule has 0 amide bonds. The van der Waals surface area contributed by atoms with Gasteiger partial charge in [-0.15, -0.1) is 0 Å². The molecule has 2 aromatic carbocycles. The predicted octanol–water partition coefficient (Wildman–Crippen LogP) is 3.55. The summed E-state index contributed by atoms with van der Waals surface area (Å²) in [5.41, 5.74) is 2.99. The fourth-order valence-electron chi connectivity index (χ4n) is 2.40. The topological polar surface area (TPSA) is 40.5 Å². The number of rotatable bonds is 2. The third kappa shape index (κ3) is 2.08. The average molecular weight is 271 g/mol. The van der Waals surface area contributed by atoms with E-state index < -0.39 is 5.97 Å². The Hall–Kier alpha value is -1.94. The normalized spacial score (nSPS) is 12.8. The van der Waals surface area contributed by atoms with E-state index in [1.165, 1.54) is 4.90 Å². The van der Waals surface area contributed by atoms with Gasteiger partial charge in [0.2, 0.25) is 0 Å². The molecule has 0 spiro atoms. The van der Waals surface area contributed by atoms with E-state index in [0.717, 1.165) is 21.8 Å². The molecule has 0 bridgehead atoms. The minimum atomic E-state index is -0.800. The Kier molecular flexibility index (Phi) is 2.95. The molecule has 96 valence electrons. The molecule has 3 nitrogen and oxygen atoms in total. The fraction of sp³-hybridized carbons (Fsp3) is 0.133. The first-order valence-electron chi connectivity index (χ1n) is 6.01. The van der Waals surface area contributed by atoms with Gasteiger partial charge < -0.3 is 10.0 Å². The molecule has 3 rings (SSSR count). The molecule has 0 fully saturated rings. The molecule has 0 aliphatic carbocycles. The van der Waals surface area contributed by atoms with Crippen molar-refractivity contribution in [3.63, 3.8) is 0 Å². The zero-order chi connectivity index (χ0) is 13.4. The molecule has 19 heavy (non-hydrogen) atoms. The Morgan fingerprint density at radius 1 is 1.16 bits per heavy atom. The fourth-order valence-corrected chi connectivity index (χ4v) is 3.60. The monoisotopic (exact) mass is 271 g/mol. The first-order valence-corrected chi connectivity index (χ1v) is 6.83. The van der Waals surface area contributed by atoms with Gasteiger partial charge >= 0.3 is 5.97 Å². The maximum atomic E-state index is 11.0. The maximum absolute atomic E-state index is 11.0. The van der Waals surface area contributed by atoms with Crippen molar-refractivity contribution in [2.75, 3.05) is 11.9 Å². The molecule has 1 aliphatic heterocycles. The van der Waals surface area contributed by atoms with Gasteiger partial charge in [-0.3, -0.25) is 4.79 Å². The maximum Gasteiger partial charge on any atom is 0.307 e. The molecule has 0 aromatic heterocycles. The number of benzene rings is 2.